The van der Waals surface area contributed by atoms with Crippen molar-refractivity contribution >= 4 is 17.7 Å². The fraction of sp³-hybridized carbons (Fsp3) is 0.500. The van der Waals surface area contributed by atoms with Gasteiger partial charge in [0.1, 0.15) is 11.4 Å². The smallest absolute Gasteiger partial charge is 0.274 e. The zero-order valence-electron chi connectivity index (χ0n) is 25.2. The number of rotatable bonds is 4. The minimum atomic E-state index is -0.167. The van der Waals surface area contributed by atoms with Crippen LogP contribution in [0.5, 0.6) is 5.75 Å². The summed E-state index contributed by atoms with van der Waals surface area (Å²) in [5, 5.41) is 4.20. The molecule has 11 nitrogen and oxygen atoms in total. The lowest BCUT2D eigenvalue weighted by Gasteiger charge is -2.44. The van der Waals surface area contributed by atoms with Crippen LogP contribution in [0.3, 0.4) is 0 Å². The van der Waals surface area contributed by atoms with Crippen LogP contribution in [0.2, 0.25) is 0 Å². The fourth-order valence-electron chi connectivity index (χ4n) is 6.22. The Kier molecular flexibility index (Phi) is 9.68. The molecule has 1 fully saturated rings. The number of nitrogens with zero attached hydrogens (tertiary/aromatic N) is 7. The number of aromatic nitrogens is 4. The normalized spacial score (nSPS) is 18.1. The molecule has 3 aromatic rings. The lowest BCUT2D eigenvalue weighted by Crippen LogP contribution is -2.48. The van der Waals surface area contributed by atoms with E-state index in [9.17, 15) is 14.4 Å². The van der Waals surface area contributed by atoms with Gasteiger partial charge < -0.3 is 19.4 Å². The molecule has 5 rings (SSSR count). The number of likely N-dealkylation sites (tertiary alicyclic amines) is 1. The highest BCUT2D eigenvalue weighted by Gasteiger charge is 2.38. The van der Waals surface area contributed by atoms with E-state index in [4.69, 9.17) is 4.74 Å². The molecule has 2 aromatic heterocycles. The van der Waals surface area contributed by atoms with Crippen LogP contribution in [0.1, 0.15) is 64.9 Å². The Morgan fingerprint density at radius 3 is 2.53 bits per heavy atom. The third kappa shape index (κ3) is 7.77. The first-order chi connectivity index (χ1) is 20.8. The standard InChI is InChI=1S/C32H41N7O4/c1-36-24-32(11-17-38(18-12-32)29(40)9-8-25-21-35-37(2)23-25)10-4-15-39(31(42)28-22-33-13-14-34-28)16-5-19-43-27-7-3-6-26(20-27)30(36)41/h3,6-7,13-14,20-23H,4-5,8-12,15-19,24H2,1-2H3. The first-order valence-electron chi connectivity index (χ1n) is 15.1. The van der Waals surface area contributed by atoms with E-state index in [0.717, 1.165) is 31.2 Å². The highest BCUT2D eigenvalue weighted by molar-refractivity contribution is 5.94. The van der Waals surface area contributed by atoms with Gasteiger partial charge in [-0.1, -0.05) is 6.07 Å². The van der Waals surface area contributed by atoms with Crippen molar-refractivity contribution in [3.05, 3.63) is 72.1 Å². The molecule has 1 saturated heterocycles. The number of carbonyl (C=O) groups excluding carboxylic acids is 3. The number of amides is 3. The molecule has 0 N–H and O–H groups in total. The molecule has 0 atom stereocenters. The molecular formula is C32H41N7O4. The fourth-order valence-corrected chi connectivity index (χ4v) is 6.22. The summed E-state index contributed by atoms with van der Waals surface area (Å²) in [6, 6.07) is 7.29. The summed E-state index contributed by atoms with van der Waals surface area (Å²) in [6.45, 7) is 3.40. The molecule has 0 aliphatic carbocycles. The van der Waals surface area contributed by atoms with Crippen LogP contribution in [0, 0.1) is 5.41 Å². The minimum Gasteiger partial charge on any atom is -0.494 e. The van der Waals surface area contributed by atoms with Gasteiger partial charge in [0.25, 0.3) is 11.8 Å². The monoisotopic (exact) mass is 587 g/mol. The molecule has 0 saturated carbocycles. The van der Waals surface area contributed by atoms with E-state index >= 15 is 0 Å². The Balaban J connectivity index is 1.31. The van der Waals surface area contributed by atoms with Gasteiger partial charge in [-0.2, -0.15) is 5.10 Å². The third-order valence-electron chi connectivity index (χ3n) is 8.61. The first-order valence-corrected chi connectivity index (χ1v) is 15.1. The third-order valence-corrected chi connectivity index (χ3v) is 8.61. The lowest BCUT2D eigenvalue weighted by molar-refractivity contribution is -0.133. The predicted octanol–water partition coefficient (Wildman–Crippen LogP) is 3.23. The molecule has 1 spiro atoms. The molecule has 11 heteroatoms. The number of benzene rings is 1. The number of piperidine rings is 1. The second-order valence-corrected chi connectivity index (χ2v) is 11.8. The zero-order valence-corrected chi connectivity index (χ0v) is 25.2. The Morgan fingerprint density at radius 2 is 1.79 bits per heavy atom. The van der Waals surface area contributed by atoms with Gasteiger partial charge >= 0.3 is 0 Å². The van der Waals surface area contributed by atoms with Crippen molar-refractivity contribution in [3.63, 3.8) is 0 Å². The lowest BCUT2D eigenvalue weighted by atomic mass is 9.74. The summed E-state index contributed by atoms with van der Waals surface area (Å²) in [4.78, 5) is 53.9. The number of fused-ring (bicyclic) bond motifs is 2. The van der Waals surface area contributed by atoms with Crippen LogP contribution in [0.25, 0.3) is 0 Å². The van der Waals surface area contributed by atoms with E-state index in [1.807, 2.05) is 54.5 Å². The van der Waals surface area contributed by atoms with Crippen molar-refractivity contribution in [1.29, 1.82) is 0 Å². The Bertz CT molecular complexity index is 1400. The van der Waals surface area contributed by atoms with Gasteiger partial charge in [-0.05, 0) is 67.7 Å². The van der Waals surface area contributed by atoms with E-state index in [1.165, 1.54) is 12.4 Å². The van der Waals surface area contributed by atoms with Crippen LogP contribution < -0.4 is 4.74 Å². The SMILES string of the molecule is CN1CC2(CCCN(C(=O)c3cnccn3)CCCOc3cccc(c3)C1=O)CCN(C(=O)CCc1cnn(C)c1)CC2. The number of hydrogen-bond acceptors (Lipinski definition) is 7. The average Bonchev–Trinajstić information content (AvgIpc) is 3.45. The van der Waals surface area contributed by atoms with Crippen molar-refractivity contribution < 1.29 is 19.1 Å². The van der Waals surface area contributed by atoms with Gasteiger partial charge in [-0.25, -0.2) is 4.98 Å². The largest absolute Gasteiger partial charge is 0.494 e. The maximum atomic E-state index is 13.5. The van der Waals surface area contributed by atoms with Gasteiger partial charge in [-0.3, -0.25) is 24.0 Å². The van der Waals surface area contributed by atoms with Gasteiger partial charge in [-0.15, -0.1) is 0 Å². The van der Waals surface area contributed by atoms with Crippen LogP contribution in [-0.2, 0) is 18.3 Å². The Hall–Kier alpha value is -4.28. The number of ether oxygens (including phenoxy) is 1. The topological polar surface area (TPSA) is 114 Å². The zero-order chi connectivity index (χ0) is 30.2. The minimum absolute atomic E-state index is 0.0471. The van der Waals surface area contributed by atoms with E-state index in [2.05, 4.69) is 15.1 Å². The van der Waals surface area contributed by atoms with E-state index in [0.29, 0.717) is 75.6 Å². The highest BCUT2D eigenvalue weighted by atomic mass is 16.5. The summed E-state index contributed by atoms with van der Waals surface area (Å²) < 4.78 is 7.71. The van der Waals surface area contributed by atoms with Crippen molar-refractivity contribution in [2.24, 2.45) is 12.5 Å². The van der Waals surface area contributed by atoms with Gasteiger partial charge in [0.15, 0.2) is 0 Å². The van der Waals surface area contributed by atoms with E-state index < -0.39 is 0 Å². The summed E-state index contributed by atoms with van der Waals surface area (Å²) in [6.07, 6.45) is 13.3. The van der Waals surface area contributed by atoms with E-state index in [1.54, 1.807) is 21.8 Å². The summed E-state index contributed by atoms with van der Waals surface area (Å²) in [5.41, 5.74) is 1.81. The van der Waals surface area contributed by atoms with E-state index in [-0.39, 0.29) is 23.1 Å². The maximum Gasteiger partial charge on any atom is 0.274 e. The molecule has 0 radical (unpaired) electrons. The molecule has 2 aliphatic heterocycles. The molecule has 0 unspecified atom stereocenters. The number of aryl methyl sites for hydroxylation is 2. The quantitative estimate of drug-likeness (QED) is 0.461. The van der Waals surface area contributed by atoms with Gasteiger partial charge in [0, 0.05) is 77.4 Å². The molecule has 43 heavy (non-hydrogen) atoms. The van der Waals surface area contributed by atoms with Gasteiger partial charge in [0.05, 0.1) is 19.0 Å². The molecule has 2 aliphatic rings. The van der Waals surface area contributed by atoms with Crippen LogP contribution in [0.15, 0.2) is 55.2 Å². The second kappa shape index (κ2) is 13.8. The molecule has 2 bridgehead atoms. The first kappa shape index (κ1) is 30.2. The molecule has 3 amide bonds. The second-order valence-electron chi connectivity index (χ2n) is 11.8. The Morgan fingerprint density at radius 1 is 0.977 bits per heavy atom. The van der Waals surface area contributed by atoms with Crippen molar-refractivity contribution in [2.45, 2.75) is 44.9 Å². The summed E-state index contributed by atoms with van der Waals surface area (Å²) in [7, 11) is 3.73. The van der Waals surface area contributed by atoms with Crippen LogP contribution in [-0.4, -0.2) is 98.5 Å². The van der Waals surface area contributed by atoms with Crippen LogP contribution >= 0.6 is 0 Å². The van der Waals surface area contributed by atoms with Crippen molar-refractivity contribution in [1.82, 2.24) is 34.4 Å². The summed E-state index contributed by atoms with van der Waals surface area (Å²) in [5.74, 6) is 0.593. The Labute approximate surface area is 252 Å². The van der Waals surface area contributed by atoms with Gasteiger partial charge in [0.2, 0.25) is 5.91 Å². The number of hydrogen-bond donors (Lipinski definition) is 0. The molecule has 228 valence electrons. The predicted molar refractivity (Wildman–Crippen MR) is 160 cm³/mol. The molecule has 4 heterocycles. The maximum absolute atomic E-state index is 13.5. The average molecular weight is 588 g/mol. The highest BCUT2D eigenvalue weighted by Crippen LogP contribution is 2.38. The number of carbonyl (C=O) groups is 3. The van der Waals surface area contributed by atoms with Crippen LogP contribution in [0.4, 0.5) is 0 Å². The molecular weight excluding hydrogens is 546 g/mol. The van der Waals surface area contributed by atoms with Crippen molar-refractivity contribution in [2.75, 3.05) is 46.4 Å². The summed E-state index contributed by atoms with van der Waals surface area (Å²) >= 11 is 0. The molecule has 1 aromatic carbocycles. The van der Waals surface area contributed by atoms with Crippen molar-refractivity contribution in [3.8, 4) is 5.75 Å².